The standard InChI is InChI=1S/C18H19N3OS/c1-12-11-22-13(2)10-21(12)18-14-6-3-4-7-15(14)19-17(20-18)16-8-5-9-23-16/h3-9,12-13H,10-11H2,1-2H3/t12-,13-/m0/s1. The molecule has 0 radical (unpaired) electrons. The second kappa shape index (κ2) is 5.91. The van der Waals surface area contributed by atoms with Crippen LogP contribution in [0.4, 0.5) is 5.82 Å². The van der Waals surface area contributed by atoms with Crippen molar-refractivity contribution in [2.75, 3.05) is 18.1 Å². The molecule has 2 atom stereocenters. The van der Waals surface area contributed by atoms with Crippen LogP contribution in [0.2, 0.25) is 0 Å². The van der Waals surface area contributed by atoms with Gasteiger partial charge < -0.3 is 9.64 Å². The van der Waals surface area contributed by atoms with Crippen molar-refractivity contribution in [3.05, 3.63) is 41.8 Å². The Morgan fingerprint density at radius 3 is 2.83 bits per heavy atom. The summed E-state index contributed by atoms with van der Waals surface area (Å²) in [6, 6.07) is 12.7. The van der Waals surface area contributed by atoms with E-state index in [1.54, 1.807) is 11.3 Å². The van der Waals surface area contributed by atoms with E-state index >= 15 is 0 Å². The van der Waals surface area contributed by atoms with Gasteiger partial charge in [0.05, 0.1) is 29.1 Å². The fourth-order valence-electron chi connectivity index (χ4n) is 2.99. The number of thiophene rings is 1. The highest BCUT2D eigenvalue weighted by molar-refractivity contribution is 7.13. The first-order valence-electron chi connectivity index (χ1n) is 7.91. The third kappa shape index (κ3) is 2.71. The molecule has 1 aliphatic heterocycles. The fraction of sp³-hybridized carbons (Fsp3) is 0.333. The van der Waals surface area contributed by atoms with Gasteiger partial charge >= 0.3 is 0 Å². The largest absolute Gasteiger partial charge is 0.375 e. The van der Waals surface area contributed by atoms with Crippen molar-refractivity contribution in [1.82, 2.24) is 9.97 Å². The minimum Gasteiger partial charge on any atom is -0.375 e. The summed E-state index contributed by atoms with van der Waals surface area (Å²) >= 11 is 1.67. The van der Waals surface area contributed by atoms with Gasteiger partial charge in [-0.2, -0.15) is 0 Å². The first kappa shape index (κ1) is 14.6. The van der Waals surface area contributed by atoms with Crippen LogP contribution in [-0.4, -0.2) is 35.3 Å². The Morgan fingerprint density at radius 1 is 1.13 bits per heavy atom. The highest BCUT2D eigenvalue weighted by Crippen LogP contribution is 2.31. The molecule has 1 aliphatic rings. The average Bonchev–Trinajstić information content (AvgIpc) is 3.11. The number of para-hydroxylation sites is 1. The van der Waals surface area contributed by atoms with Crippen LogP contribution in [-0.2, 0) is 4.74 Å². The molecule has 23 heavy (non-hydrogen) atoms. The topological polar surface area (TPSA) is 38.2 Å². The number of aromatic nitrogens is 2. The fourth-order valence-corrected chi connectivity index (χ4v) is 3.65. The molecule has 0 unspecified atom stereocenters. The lowest BCUT2D eigenvalue weighted by Crippen LogP contribution is -2.48. The molecule has 1 fully saturated rings. The van der Waals surface area contributed by atoms with Crippen molar-refractivity contribution >= 4 is 28.1 Å². The van der Waals surface area contributed by atoms with E-state index in [2.05, 4.69) is 48.4 Å². The number of rotatable bonds is 2. The van der Waals surface area contributed by atoms with Crippen LogP contribution < -0.4 is 4.90 Å². The molecule has 4 rings (SSSR count). The number of hydrogen-bond acceptors (Lipinski definition) is 5. The van der Waals surface area contributed by atoms with E-state index < -0.39 is 0 Å². The average molecular weight is 325 g/mol. The van der Waals surface area contributed by atoms with Crippen molar-refractivity contribution in [3.63, 3.8) is 0 Å². The zero-order valence-electron chi connectivity index (χ0n) is 13.3. The molecular formula is C18H19N3OS. The summed E-state index contributed by atoms with van der Waals surface area (Å²) < 4.78 is 5.77. The van der Waals surface area contributed by atoms with E-state index in [-0.39, 0.29) is 6.10 Å². The Kier molecular flexibility index (Phi) is 3.75. The number of ether oxygens (including phenoxy) is 1. The summed E-state index contributed by atoms with van der Waals surface area (Å²) in [4.78, 5) is 13.1. The third-order valence-electron chi connectivity index (χ3n) is 4.20. The minimum atomic E-state index is 0.213. The number of hydrogen-bond donors (Lipinski definition) is 0. The van der Waals surface area contributed by atoms with E-state index in [1.165, 1.54) is 0 Å². The van der Waals surface area contributed by atoms with Gasteiger partial charge in [0.1, 0.15) is 5.82 Å². The maximum Gasteiger partial charge on any atom is 0.172 e. The molecule has 3 aromatic rings. The van der Waals surface area contributed by atoms with Gasteiger partial charge in [-0.25, -0.2) is 9.97 Å². The Labute approximate surface area is 139 Å². The van der Waals surface area contributed by atoms with E-state index in [4.69, 9.17) is 14.7 Å². The Bertz CT molecular complexity index is 818. The van der Waals surface area contributed by atoms with Gasteiger partial charge in [0.25, 0.3) is 0 Å². The van der Waals surface area contributed by atoms with Crippen molar-refractivity contribution in [1.29, 1.82) is 0 Å². The third-order valence-corrected chi connectivity index (χ3v) is 5.07. The summed E-state index contributed by atoms with van der Waals surface area (Å²) in [5.74, 6) is 1.82. The maximum absolute atomic E-state index is 5.77. The molecule has 0 bridgehead atoms. The molecule has 1 aromatic carbocycles. The predicted octanol–water partition coefficient (Wildman–Crippen LogP) is 3.97. The van der Waals surface area contributed by atoms with Crippen LogP contribution in [0.15, 0.2) is 41.8 Å². The molecule has 3 heterocycles. The van der Waals surface area contributed by atoms with Gasteiger partial charge in [-0.15, -0.1) is 11.3 Å². The van der Waals surface area contributed by atoms with Crippen LogP contribution >= 0.6 is 11.3 Å². The predicted molar refractivity (Wildman–Crippen MR) is 95.1 cm³/mol. The molecule has 0 aliphatic carbocycles. The van der Waals surface area contributed by atoms with Crippen LogP contribution in [0, 0.1) is 0 Å². The van der Waals surface area contributed by atoms with E-state index in [0.717, 1.165) is 40.6 Å². The monoisotopic (exact) mass is 325 g/mol. The minimum absolute atomic E-state index is 0.213. The highest BCUT2D eigenvalue weighted by Gasteiger charge is 2.26. The van der Waals surface area contributed by atoms with Crippen molar-refractivity contribution in [3.8, 4) is 10.7 Å². The Hall–Kier alpha value is -1.98. The number of morpholine rings is 1. The number of nitrogens with zero attached hydrogens (tertiary/aromatic N) is 3. The first-order valence-corrected chi connectivity index (χ1v) is 8.79. The van der Waals surface area contributed by atoms with Crippen LogP contribution in [0.5, 0.6) is 0 Å². The van der Waals surface area contributed by atoms with Crippen LogP contribution in [0.3, 0.4) is 0 Å². The zero-order chi connectivity index (χ0) is 15.8. The molecule has 118 valence electrons. The van der Waals surface area contributed by atoms with Crippen LogP contribution in [0.25, 0.3) is 21.6 Å². The second-order valence-electron chi connectivity index (χ2n) is 6.01. The molecular weight excluding hydrogens is 306 g/mol. The van der Waals surface area contributed by atoms with Crippen molar-refractivity contribution in [2.24, 2.45) is 0 Å². The first-order chi connectivity index (χ1) is 11.2. The summed E-state index contributed by atoms with van der Waals surface area (Å²) in [5, 5.41) is 3.17. The van der Waals surface area contributed by atoms with Gasteiger partial charge in [0, 0.05) is 11.9 Å². The normalized spacial score (nSPS) is 21.7. The van der Waals surface area contributed by atoms with Gasteiger partial charge in [-0.05, 0) is 37.4 Å². The van der Waals surface area contributed by atoms with Gasteiger partial charge in [-0.1, -0.05) is 18.2 Å². The summed E-state index contributed by atoms with van der Waals surface area (Å²) in [5.41, 5.74) is 0.993. The quantitative estimate of drug-likeness (QED) is 0.714. The molecule has 5 heteroatoms. The molecule has 2 aromatic heterocycles. The number of fused-ring (bicyclic) bond motifs is 1. The Balaban J connectivity index is 1.90. The van der Waals surface area contributed by atoms with Crippen LogP contribution in [0.1, 0.15) is 13.8 Å². The molecule has 0 amide bonds. The van der Waals surface area contributed by atoms with Crippen molar-refractivity contribution < 1.29 is 4.74 Å². The second-order valence-corrected chi connectivity index (χ2v) is 6.96. The van der Waals surface area contributed by atoms with E-state index in [1.807, 2.05) is 12.1 Å². The SMILES string of the molecule is C[C@H]1CN(c2nc(-c3cccs3)nc3ccccc23)[C@@H](C)CO1. The number of benzene rings is 1. The zero-order valence-corrected chi connectivity index (χ0v) is 14.1. The van der Waals surface area contributed by atoms with Gasteiger partial charge in [0.2, 0.25) is 0 Å². The van der Waals surface area contributed by atoms with E-state index in [0.29, 0.717) is 6.04 Å². The smallest absolute Gasteiger partial charge is 0.172 e. The van der Waals surface area contributed by atoms with E-state index in [9.17, 15) is 0 Å². The summed E-state index contributed by atoms with van der Waals surface area (Å²) in [7, 11) is 0. The lowest BCUT2D eigenvalue weighted by molar-refractivity contribution is 0.0342. The molecule has 0 N–H and O–H groups in total. The lowest BCUT2D eigenvalue weighted by Gasteiger charge is -2.38. The molecule has 4 nitrogen and oxygen atoms in total. The highest BCUT2D eigenvalue weighted by atomic mass is 32.1. The maximum atomic E-state index is 5.77. The van der Waals surface area contributed by atoms with Gasteiger partial charge in [0.15, 0.2) is 5.82 Å². The lowest BCUT2D eigenvalue weighted by atomic mass is 10.1. The van der Waals surface area contributed by atoms with Crippen molar-refractivity contribution in [2.45, 2.75) is 26.0 Å². The molecule has 0 spiro atoms. The molecule has 0 saturated carbocycles. The summed E-state index contributed by atoms with van der Waals surface area (Å²) in [6.45, 7) is 5.88. The Morgan fingerprint density at radius 2 is 2.00 bits per heavy atom. The number of anilines is 1. The van der Waals surface area contributed by atoms with Gasteiger partial charge in [-0.3, -0.25) is 0 Å². The molecule has 1 saturated heterocycles. The summed E-state index contributed by atoms with van der Waals surface area (Å²) in [6.07, 6.45) is 0.213.